The number of benzene rings is 2. The Balaban J connectivity index is 1.86. The number of rotatable bonds is 2. The number of para-hydroxylation sites is 1. The van der Waals surface area contributed by atoms with E-state index >= 15 is 0 Å². The smallest absolute Gasteiger partial charge is 0.223 e. The van der Waals surface area contributed by atoms with Crippen molar-refractivity contribution in [2.45, 2.75) is 31.3 Å². The first-order chi connectivity index (χ1) is 11.5. The lowest BCUT2D eigenvalue weighted by Gasteiger charge is -2.49. The average molecular weight is 318 g/mol. The molecule has 1 amide bonds. The van der Waals surface area contributed by atoms with Crippen LogP contribution < -0.4 is 10.2 Å². The van der Waals surface area contributed by atoms with E-state index in [0.717, 1.165) is 12.1 Å². The summed E-state index contributed by atoms with van der Waals surface area (Å²) in [6, 6.07) is 18.7. The van der Waals surface area contributed by atoms with Gasteiger partial charge < -0.3 is 10.2 Å². The van der Waals surface area contributed by atoms with Crippen molar-refractivity contribution >= 4 is 17.7 Å². The van der Waals surface area contributed by atoms with Crippen molar-refractivity contribution in [3.63, 3.8) is 0 Å². The van der Waals surface area contributed by atoms with Gasteiger partial charge in [-0.25, -0.2) is 0 Å². The lowest BCUT2D eigenvalue weighted by molar-refractivity contribution is -0.124. The second kappa shape index (κ2) is 5.23. The predicted octanol–water partition coefficient (Wildman–Crippen LogP) is 3.71. The van der Waals surface area contributed by atoms with E-state index in [4.69, 9.17) is 0 Å². The summed E-state index contributed by atoms with van der Waals surface area (Å²) in [7, 11) is 0. The minimum atomic E-state index is -0.526. The SMILES string of the molecule is CC1(C)c2ccccc2N2CCC(=O)N[C@@]21/C=C/c1ccccc1. The van der Waals surface area contributed by atoms with E-state index in [0.29, 0.717) is 6.42 Å². The predicted molar refractivity (Wildman–Crippen MR) is 97.8 cm³/mol. The van der Waals surface area contributed by atoms with Crippen molar-refractivity contribution in [1.82, 2.24) is 5.32 Å². The number of carbonyl (C=O) groups excluding carboxylic acids is 1. The molecule has 2 aromatic carbocycles. The Morgan fingerprint density at radius 3 is 2.54 bits per heavy atom. The van der Waals surface area contributed by atoms with E-state index in [1.165, 1.54) is 11.3 Å². The zero-order chi connectivity index (χ0) is 16.8. The molecule has 0 aliphatic carbocycles. The summed E-state index contributed by atoms with van der Waals surface area (Å²) in [5.41, 5.74) is 2.90. The van der Waals surface area contributed by atoms with Crippen LogP contribution in [-0.4, -0.2) is 18.1 Å². The highest BCUT2D eigenvalue weighted by atomic mass is 16.2. The van der Waals surface area contributed by atoms with Crippen LogP contribution in [0.1, 0.15) is 31.4 Å². The Morgan fingerprint density at radius 1 is 1.04 bits per heavy atom. The maximum Gasteiger partial charge on any atom is 0.223 e. The molecule has 1 atom stereocenters. The number of nitrogens with one attached hydrogen (secondary N) is 1. The van der Waals surface area contributed by atoms with Crippen LogP contribution in [0.25, 0.3) is 6.08 Å². The molecule has 2 aromatic rings. The molecule has 24 heavy (non-hydrogen) atoms. The summed E-state index contributed by atoms with van der Waals surface area (Å²) in [5.74, 6) is 0.116. The molecule has 4 rings (SSSR count). The Kier molecular flexibility index (Phi) is 3.27. The van der Waals surface area contributed by atoms with E-state index in [-0.39, 0.29) is 11.3 Å². The van der Waals surface area contributed by atoms with E-state index in [9.17, 15) is 4.79 Å². The summed E-state index contributed by atoms with van der Waals surface area (Å²) in [4.78, 5) is 14.6. The monoisotopic (exact) mass is 318 g/mol. The molecule has 3 nitrogen and oxygen atoms in total. The standard InChI is InChI=1S/C21H22N2O/c1-20(2)17-10-6-7-11-18(17)23-15-13-19(24)22-21(20,23)14-12-16-8-4-3-5-9-16/h3-12,14H,13,15H2,1-2H3,(H,22,24)/b14-12+/t21-/m0/s1. The molecule has 0 spiro atoms. The molecule has 0 unspecified atom stereocenters. The van der Waals surface area contributed by atoms with E-state index < -0.39 is 5.66 Å². The van der Waals surface area contributed by atoms with Crippen LogP contribution in [0.2, 0.25) is 0 Å². The zero-order valence-corrected chi connectivity index (χ0v) is 14.1. The molecular weight excluding hydrogens is 296 g/mol. The maximum absolute atomic E-state index is 12.3. The Labute approximate surface area is 143 Å². The third-order valence-electron chi connectivity index (χ3n) is 5.46. The van der Waals surface area contributed by atoms with Crippen molar-refractivity contribution in [1.29, 1.82) is 0 Å². The first-order valence-electron chi connectivity index (χ1n) is 8.47. The highest BCUT2D eigenvalue weighted by Crippen LogP contribution is 2.52. The first kappa shape index (κ1) is 15.0. The van der Waals surface area contributed by atoms with Gasteiger partial charge in [0.15, 0.2) is 0 Å². The lowest BCUT2D eigenvalue weighted by atomic mass is 9.74. The van der Waals surface area contributed by atoms with Crippen LogP contribution in [-0.2, 0) is 10.2 Å². The second-order valence-corrected chi connectivity index (χ2v) is 7.10. The van der Waals surface area contributed by atoms with E-state index in [1.54, 1.807) is 0 Å². The number of fused-ring (bicyclic) bond motifs is 3. The van der Waals surface area contributed by atoms with Gasteiger partial charge in [0, 0.05) is 24.1 Å². The molecule has 0 aromatic heterocycles. The Morgan fingerprint density at radius 2 is 1.75 bits per heavy atom. The van der Waals surface area contributed by atoms with Crippen molar-refractivity contribution in [3.8, 4) is 0 Å². The average Bonchev–Trinajstić information content (AvgIpc) is 2.79. The van der Waals surface area contributed by atoms with Gasteiger partial charge in [0.2, 0.25) is 5.91 Å². The summed E-state index contributed by atoms with van der Waals surface area (Å²) >= 11 is 0. The van der Waals surface area contributed by atoms with Gasteiger partial charge in [-0.2, -0.15) is 0 Å². The Hall–Kier alpha value is -2.55. The molecule has 1 saturated heterocycles. The first-order valence-corrected chi connectivity index (χ1v) is 8.47. The minimum Gasteiger partial charge on any atom is -0.344 e. The van der Waals surface area contributed by atoms with Gasteiger partial charge in [0.05, 0.1) is 0 Å². The Bertz CT molecular complexity index is 810. The molecule has 0 saturated carbocycles. The zero-order valence-electron chi connectivity index (χ0n) is 14.1. The van der Waals surface area contributed by atoms with Gasteiger partial charge >= 0.3 is 0 Å². The number of nitrogens with zero attached hydrogens (tertiary/aromatic N) is 1. The molecule has 0 bridgehead atoms. The molecule has 122 valence electrons. The summed E-state index contributed by atoms with van der Waals surface area (Å²) in [6.45, 7) is 5.17. The highest BCUT2D eigenvalue weighted by Gasteiger charge is 2.57. The molecule has 1 N–H and O–H groups in total. The van der Waals surface area contributed by atoms with Crippen molar-refractivity contribution in [3.05, 3.63) is 71.8 Å². The fourth-order valence-corrected chi connectivity index (χ4v) is 4.10. The quantitative estimate of drug-likeness (QED) is 0.915. The fourth-order valence-electron chi connectivity index (χ4n) is 4.10. The number of hydrogen-bond donors (Lipinski definition) is 1. The molecule has 3 heteroatoms. The van der Waals surface area contributed by atoms with Gasteiger partial charge in [0.1, 0.15) is 5.66 Å². The highest BCUT2D eigenvalue weighted by molar-refractivity contribution is 5.84. The van der Waals surface area contributed by atoms with Gasteiger partial charge in [-0.3, -0.25) is 4.79 Å². The van der Waals surface area contributed by atoms with Crippen LogP contribution in [0.3, 0.4) is 0 Å². The summed E-state index contributed by atoms with van der Waals surface area (Å²) < 4.78 is 0. The number of hydrogen-bond acceptors (Lipinski definition) is 2. The van der Waals surface area contributed by atoms with Crippen molar-refractivity contribution in [2.75, 3.05) is 11.4 Å². The van der Waals surface area contributed by atoms with Gasteiger partial charge in [0.25, 0.3) is 0 Å². The largest absolute Gasteiger partial charge is 0.344 e. The number of anilines is 1. The summed E-state index contributed by atoms with van der Waals surface area (Å²) in [5, 5.41) is 3.30. The van der Waals surface area contributed by atoms with Crippen LogP contribution in [0.15, 0.2) is 60.7 Å². The third kappa shape index (κ3) is 2.01. The van der Waals surface area contributed by atoms with Crippen LogP contribution in [0.5, 0.6) is 0 Å². The van der Waals surface area contributed by atoms with Gasteiger partial charge in [-0.1, -0.05) is 68.5 Å². The van der Waals surface area contributed by atoms with Crippen molar-refractivity contribution in [2.24, 2.45) is 0 Å². The molecule has 0 radical (unpaired) electrons. The number of carbonyl (C=O) groups is 1. The molecule has 2 heterocycles. The summed E-state index contributed by atoms with van der Waals surface area (Å²) in [6.07, 6.45) is 4.82. The van der Waals surface area contributed by atoms with Gasteiger partial charge in [-0.05, 0) is 23.3 Å². The maximum atomic E-state index is 12.3. The minimum absolute atomic E-state index is 0.116. The van der Waals surface area contributed by atoms with E-state index in [2.05, 4.69) is 72.6 Å². The fraction of sp³-hybridized carbons (Fsp3) is 0.286. The molecular formula is C21H22N2O. The van der Waals surface area contributed by atoms with Gasteiger partial charge in [-0.15, -0.1) is 0 Å². The molecule has 2 aliphatic heterocycles. The molecule has 2 aliphatic rings. The normalized spacial score (nSPS) is 24.6. The third-order valence-corrected chi connectivity index (χ3v) is 5.46. The topological polar surface area (TPSA) is 32.3 Å². The van der Waals surface area contributed by atoms with Crippen LogP contribution in [0, 0.1) is 0 Å². The van der Waals surface area contributed by atoms with Crippen LogP contribution >= 0.6 is 0 Å². The second-order valence-electron chi connectivity index (χ2n) is 7.10. The van der Waals surface area contributed by atoms with Crippen molar-refractivity contribution < 1.29 is 4.79 Å². The number of amides is 1. The van der Waals surface area contributed by atoms with E-state index in [1.807, 2.05) is 18.2 Å². The van der Waals surface area contributed by atoms with Crippen LogP contribution in [0.4, 0.5) is 5.69 Å². The molecule has 1 fully saturated rings. The lowest BCUT2D eigenvalue weighted by Crippen LogP contribution is -2.68.